The highest BCUT2D eigenvalue weighted by Crippen LogP contribution is 2.01. The second-order valence-electron chi connectivity index (χ2n) is 2.71. The van der Waals surface area contributed by atoms with E-state index in [4.69, 9.17) is 11.1 Å². The molecule has 4 heteroatoms. The van der Waals surface area contributed by atoms with E-state index >= 15 is 0 Å². The van der Waals surface area contributed by atoms with Gasteiger partial charge >= 0.3 is 0 Å². The second kappa shape index (κ2) is 4.45. The molecule has 0 aliphatic heterocycles. The van der Waals surface area contributed by atoms with Gasteiger partial charge in [-0.2, -0.15) is 5.12 Å². The summed E-state index contributed by atoms with van der Waals surface area (Å²) in [6.07, 6.45) is 0.552. The maximum atomic E-state index is 12.7. The van der Waals surface area contributed by atoms with Gasteiger partial charge in [-0.15, -0.1) is 0 Å². The molecule has 1 aromatic rings. The monoisotopic (exact) mass is 181 g/mol. The highest BCUT2D eigenvalue weighted by atomic mass is 19.2. The van der Waals surface area contributed by atoms with Gasteiger partial charge in [0.15, 0.2) is 0 Å². The van der Waals surface area contributed by atoms with Crippen LogP contribution in [-0.4, -0.2) is 17.6 Å². The van der Waals surface area contributed by atoms with E-state index in [1.807, 2.05) is 30.3 Å². The van der Waals surface area contributed by atoms with E-state index in [0.29, 0.717) is 6.42 Å². The lowest BCUT2D eigenvalue weighted by Crippen LogP contribution is -2.30. The third-order valence-electron chi connectivity index (χ3n) is 1.70. The number of guanidine groups is 1. The van der Waals surface area contributed by atoms with Gasteiger partial charge in [0.2, 0.25) is 5.96 Å². The third kappa shape index (κ3) is 3.11. The van der Waals surface area contributed by atoms with Crippen LogP contribution in [0.5, 0.6) is 0 Å². The van der Waals surface area contributed by atoms with Gasteiger partial charge in [-0.1, -0.05) is 34.8 Å². The van der Waals surface area contributed by atoms with Gasteiger partial charge in [0, 0.05) is 0 Å². The Morgan fingerprint density at radius 1 is 1.38 bits per heavy atom. The summed E-state index contributed by atoms with van der Waals surface area (Å²) in [7, 11) is 0. The number of nitrogens with one attached hydrogen (secondary N) is 1. The first-order valence-electron chi connectivity index (χ1n) is 4.01. The van der Waals surface area contributed by atoms with E-state index in [0.717, 1.165) is 5.56 Å². The van der Waals surface area contributed by atoms with Crippen molar-refractivity contribution in [2.24, 2.45) is 5.73 Å². The van der Waals surface area contributed by atoms with E-state index in [1.165, 1.54) is 0 Å². The normalized spacial score (nSPS) is 9.62. The van der Waals surface area contributed by atoms with Crippen LogP contribution >= 0.6 is 0 Å². The SMILES string of the molecule is N=C(N)N(F)CCc1ccccc1. The Bertz CT molecular complexity index is 273. The molecule has 0 aliphatic rings. The lowest BCUT2D eigenvalue weighted by Gasteiger charge is -2.10. The second-order valence-corrected chi connectivity index (χ2v) is 2.71. The molecule has 0 amide bonds. The number of rotatable bonds is 3. The minimum absolute atomic E-state index is 0.124. The van der Waals surface area contributed by atoms with E-state index in [2.05, 4.69) is 0 Å². The summed E-state index contributed by atoms with van der Waals surface area (Å²) in [4.78, 5) is 0. The summed E-state index contributed by atoms with van der Waals surface area (Å²) >= 11 is 0. The predicted molar refractivity (Wildman–Crippen MR) is 49.9 cm³/mol. The van der Waals surface area contributed by atoms with Gasteiger partial charge in [0.25, 0.3) is 0 Å². The summed E-state index contributed by atoms with van der Waals surface area (Å²) < 4.78 is 12.7. The first-order valence-corrected chi connectivity index (χ1v) is 4.01. The van der Waals surface area contributed by atoms with Crippen LogP contribution in [0.1, 0.15) is 5.56 Å². The maximum absolute atomic E-state index is 12.7. The molecule has 1 rings (SSSR count). The molecule has 0 unspecified atom stereocenters. The van der Waals surface area contributed by atoms with Gasteiger partial charge in [-0.3, -0.25) is 5.41 Å². The van der Waals surface area contributed by atoms with Crippen LogP contribution < -0.4 is 5.73 Å². The lowest BCUT2D eigenvalue weighted by atomic mass is 10.1. The molecule has 3 nitrogen and oxygen atoms in total. The third-order valence-corrected chi connectivity index (χ3v) is 1.70. The highest BCUT2D eigenvalue weighted by molar-refractivity contribution is 5.73. The first-order chi connectivity index (χ1) is 6.20. The fourth-order valence-corrected chi connectivity index (χ4v) is 0.992. The maximum Gasteiger partial charge on any atom is 0.217 e. The smallest absolute Gasteiger partial charge is 0.217 e. The van der Waals surface area contributed by atoms with Crippen LogP contribution in [0.4, 0.5) is 4.48 Å². The Kier molecular flexibility index (Phi) is 3.25. The molecular formula is C9H12FN3. The molecule has 0 atom stereocenters. The Morgan fingerprint density at radius 3 is 2.54 bits per heavy atom. The Hall–Kier alpha value is -1.58. The summed E-state index contributed by atoms with van der Waals surface area (Å²) in [5.74, 6) is -0.545. The number of hydrogen-bond donors (Lipinski definition) is 2. The first kappa shape index (κ1) is 9.51. The van der Waals surface area contributed by atoms with Crippen LogP contribution in [-0.2, 0) is 6.42 Å². The minimum Gasteiger partial charge on any atom is -0.368 e. The minimum atomic E-state index is -0.545. The molecule has 0 aliphatic carbocycles. The van der Waals surface area contributed by atoms with Crippen molar-refractivity contribution in [3.05, 3.63) is 35.9 Å². The summed E-state index contributed by atoms with van der Waals surface area (Å²) in [5, 5.41) is 7.02. The number of benzene rings is 1. The van der Waals surface area contributed by atoms with Gasteiger partial charge in [0.05, 0.1) is 6.54 Å². The topological polar surface area (TPSA) is 53.1 Å². The standard InChI is InChI=1S/C9H12FN3/c10-13(9(11)12)7-6-8-4-2-1-3-5-8/h1-5H,6-7H2,(H3,11,12). The average Bonchev–Trinajstić information content (AvgIpc) is 2.15. The van der Waals surface area contributed by atoms with Gasteiger partial charge < -0.3 is 5.73 Å². The molecule has 0 radical (unpaired) electrons. The highest BCUT2D eigenvalue weighted by Gasteiger charge is 2.03. The van der Waals surface area contributed by atoms with E-state index in [9.17, 15) is 4.48 Å². The number of halogens is 1. The molecule has 0 fully saturated rings. The van der Waals surface area contributed by atoms with Crippen molar-refractivity contribution in [2.75, 3.05) is 6.54 Å². The molecular weight excluding hydrogens is 169 g/mol. The van der Waals surface area contributed by atoms with Crippen LogP contribution in [0, 0.1) is 5.41 Å². The largest absolute Gasteiger partial charge is 0.368 e. The summed E-state index contributed by atoms with van der Waals surface area (Å²) in [5.41, 5.74) is 5.97. The number of nitrogens with zero attached hydrogens (tertiary/aromatic N) is 1. The molecule has 0 spiro atoms. The predicted octanol–water partition coefficient (Wildman–Crippen LogP) is 1.31. The summed E-state index contributed by atoms with van der Waals surface area (Å²) in [6.45, 7) is 0.124. The fourth-order valence-electron chi connectivity index (χ4n) is 0.992. The number of hydrogen-bond acceptors (Lipinski definition) is 1. The van der Waals surface area contributed by atoms with Crippen LogP contribution in [0.15, 0.2) is 30.3 Å². The average molecular weight is 181 g/mol. The van der Waals surface area contributed by atoms with E-state index < -0.39 is 5.96 Å². The molecule has 0 saturated heterocycles. The van der Waals surface area contributed by atoms with Crippen molar-refractivity contribution in [3.63, 3.8) is 0 Å². The molecule has 70 valence electrons. The zero-order chi connectivity index (χ0) is 9.68. The zero-order valence-corrected chi connectivity index (χ0v) is 7.20. The van der Waals surface area contributed by atoms with Crippen LogP contribution in [0.3, 0.4) is 0 Å². The van der Waals surface area contributed by atoms with Crippen LogP contribution in [0.25, 0.3) is 0 Å². The zero-order valence-electron chi connectivity index (χ0n) is 7.20. The van der Waals surface area contributed by atoms with Gasteiger partial charge in [0.1, 0.15) is 0 Å². The van der Waals surface area contributed by atoms with Crippen LogP contribution in [0.2, 0.25) is 0 Å². The molecule has 0 saturated carbocycles. The molecule has 3 N–H and O–H groups in total. The lowest BCUT2D eigenvalue weighted by molar-refractivity contribution is 0.119. The molecule has 13 heavy (non-hydrogen) atoms. The molecule has 0 bridgehead atoms. The van der Waals surface area contributed by atoms with Crippen molar-refractivity contribution < 1.29 is 4.48 Å². The van der Waals surface area contributed by atoms with E-state index in [1.54, 1.807) is 0 Å². The van der Waals surface area contributed by atoms with E-state index in [-0.39, 0.29) is 11.7 Å². The van der Waals surface area contributed by atoms with Crippen molar-refractivity contribution in [3.8, 4) is 0 Å². The van der Waals surface area contributed by atoms with Crippen molar-refractivity contribution in [1.29, 1.82) is 5.41 Å². The molecule has 0 aromatic heterocycles. The Morgan fingerprint density at radius 2 is 2.00 bits per heavy atom. The quantitative estimate of drug-likeness (QED) is 0.419. The Labute approximate surface area is 76.4 Å². The van der Waals surface area contributed by atoms with Crippen molar-refractivity contribution >= 4 is 5.96 Å². The number of nitrogens with two attached hydrogens (primary N) is 1. The van der Waals surface area contributed by atoms with Crippen molar-refractivity contribution in [2.45, 2.75) is 6.42 Å². The van der Waals surface area contributed by atoms with Crippen molar-refractivity contribution in [1.82, 2.24) is 5.12 Å². The molecule has 0 heterocycles. The summed E-state index contributed by atoms with van der Waals surface area (Å²) in [6, 6.07) is 9.51. The fraction of sp³-hybridized carbons (Fsp3) is 0.222. The Balaban J connectivity index is 2.39. The molecule has 1 aromatic carbocycles. The van der Waals surface area contributed by atoms with Gasteiger partial charge in [-0.05, 0) is 12.0 Å². The van der Waals surface area contributed by atoms with Gasteiger partial charge in [-0.25, -0.2) is 0 Å².